The Hall–Kier alpha value is -0.460. The van der Waals surface area contributed by atoms with Crippen molar-refractivity contribution in [2.45, 2.75) is 52.0 Å². The summed E-state index contributed by atoms with van der Waals surface area (Å²) in [5.41, 5.74) is -0.957. The Morgan fingerprint density at radius 2 is 1.73 bits per heavy atom. The quantitative estimate of drug-likeness (QED) is 0.447. The first-order valence-corrected chi connectivity index (χ1v) is 9.47. The Kier molecular flexibility index (Phi) is 9.21. The first kappa shape index (κ1) is 19.6. The van der Waals surface area contributed by atoms with E-state index in [9.17, 15) is 9.36 Å². The summed E-state index contributed by atoms with van der Waals surface area (Å²) in [7, 11) is -3.57. The van der Waals surface area contributed by atoms with Gasteiger partial charge in [0.25, 0.3) is 0 Å². The fraction of sp³-hybridized carbons (Fsp3) is 0.929. The third-order valence-corrected chi connectivity index (χ3v) is 5.60. The molecule has 7 nitrogen and oxygen atoms in total. The molecule has 1 unspecified atom stereocenters. The van der Waals surface area contributed by atoms with Gasteiger partial charge in [0.15, 0.2) is 11.9 Å². The van der Waals surface area contributed by atoms with Crippen LogP contribution in [0, 0.1) is 0 Å². The molecule has 22 heavy (non-hydrogen) atoms. The van der Waals surface area contributed by atoms with Gasteiger partial charge in [-0.2, -0.15) is 0 Å². The highest BCUT2D eigenvalue weighted by Gasteiger charge is 2.42. The molecule has 0 aromatic carbocycles. The molecule has 1 rings (SSSR count). The van der Waals surface area contributed by atoms with Crippen LogP contribution in [-0.2, 0) is 32.6 Å². The molecule has 130 valence electrons. The first-order chi connectivity index (χ1) is 10.6. The molecule has 1 aliphatic heterocycles. The van der Waals surface area contributed by atoms with Crippen molar-refractivity contribution < 1.29 is 32.6 Å². The van der Waals surface area contributed by atoms with Crippen LogP contribution in [0.1, 0.15) is 40.0 Å². The van der Waals surface area contributed by atoms with Crippen molar-refractivity contribution in [2.24, 2.45) is 0 Å². The highest BCUT2D eigenvalue weighted by Crippen LogP contribution is 2.55. The van der Waals surface area contributed by atoms with Crippen molar-refractivity contribution in [2.75, 3.05) is 33.0 Å². The maximum absolute atomic E-state index is 12.9. The van der Waals surface area contributed by atoms with E-state index < -0.39 is 19.2 Å². The lowest BCUT2D eigenvalue weighted by Gasteiger charge is -2.27. The molecule has 0 saturated carbocycles. The fourth-order valence-corrected chi connectivity index (χ4v) is 4.17. The van der Waals surface area contributed by atoms with Crippen LogP contribution in [0.15, 0.2) is 0 Å². The number of esters is 1. The van der Waals surface area contributed by atoms with E-state index in [1.807, 2.05) is 0 Å². The van der Waals surface area contributed by atoms with Gasteiger partial charge >= 0.3 is 13.6 Å². The van der Waals surface area contributed by atoms with E-state index in [-0.39, 0.29) is 32.5 Å². The summed E-state index contributed by atoms with van der Waals surface area (Å²) in [6, 6.07) is 0. The number of carbonyl (C=O) groups excluding carboxylic acids is 1. The molecule has 0 aliphatic carbocycles. The summed E-state index contributed by atoms with van der Waals surface area (Å²) in [6.45, 7) is 6.99. The smallest absolute Gasteiger partial charge is 0.344 e. The van der Waals surface area contributed by atoms with Crippen molar-refractivity contribution in [3.63, 3.8) is 0 Å². The molecule has 1 saturated heterocycles. The van der Waals surface area contributed by atoms with Gasteiger partial charge in [-0.1, -0.05) is 0 Å². The molecule has 1 atom stereocenters. The maximum Gasteiger partial charge on any atom is 0.344 e. The highest BCUT2D eigenvalue weighted by atomic mass is 31.2. The van der Waals surface area contributed by atoms with Crippen molar-refractivity contribution in [3.8, 4) is 0 Å². The standard InChI is InChI=1S/C14H27O7P/c1-4-17-14(15)12(22(16,20-5-2)21-6-3)8-9-13-18-10-7-11-19-13/h12-13H,4-11H2,1-3H3. The lowest BCUT2D eigenvalue weighted by molar-refractivity contribution is -0.182. The zero-order valence-electron chi connectivity index (χ0n) is 13.6. The van der Waals surface area contributed by atoms with Crippen molar-refractivity contribution >= 4 is 13.6 Å². The summed E-state index contributed by atoms with van der Waals surface area (Å²) in [6.07, 6.45) is 1.17. The normalized spacial score (nSPS) is 18.1. The molecule has 0 N–H and O–H groups in total. The molecule has 0 aromatic heterocycles. The summed E-state index contributed by atoms with van der Waals surface area (Å²) in [5, 5.41) is 0. The third-order valence-electron chi connectivity index (χ3n) is 3.13. The third kappa shape index (κ3) is 5.97. The van der Waals surface area contributed by atoms with Gasteiger partial charge in [0.2, 0.25) is 0 Å². The Bertz CT molecular complexity index is 358. The van der Waals surface area contributed by atoms with Gasteiger partial charge in [-0.25, -0.2) is 0 Å². The molecule has 0 amide bonds. The van der Waals surface area contributed by atoms with Crippen LogP contribution in [0.25, 0.3) is 0 Å². The first-order valence-electron chi connectivity index (χ1n) is 7.86. The topological polar surface area (TPSA) is 80.3 Å². The minimum Gasteiger partial charge on any atom is -0.465 e. The van der Waals surface area contributed by atoms with E-state index in [2.05, 4.69) is 0 Å². The Morgan fingerprint density at radius 3 is 2.23 bits per heavy atom. The monoisotopic (exact) mass is 338 g/mol. The van der Waals surface area contributed by atoms with Gasteiger partial charge < -0.3 is 23.3 Å². The zero-order valence-corrected chi connectivity index (χ0v) is 14.5. The molecule has 1 heterocycles. The van der Waals surface area contributed by atoms with Crippen LogP contribution in [0.4, 0.5) is 0 Å². The number of rotatable bonds is 10. The molecule has 1 fully saturated rings. The Balaban J connectivity index is 2.76. The average Bonchev–Trinajstić information content (AvgIpc) is 2.49. The van der Waals surface area contributed by atoms with E-state index in [4.69, 9.17) is 23.3 Å². The molecule has 0 radical (unpaired) electrons. The largest absolute Gasteiger partial charge is 0.465 e. The lowest BCUT2D eigenvalue weighted by atomic mass is 10.2. The molecular formula is C14H27O7P. The summed E-state index contributed by atoms with van der Waals surface area (Å²) >= 11 is 0. The van der Waals surface area contributed by atoms with Gasteiger partial charge in [0.1, 0.15) is 0 Å². The Labute approximate surface area is 132 Å². The van der Waals surface area contributed by atoms with Crippen LogP contribution in [0.3, 0.4) is 0 Å². The summed E-state index contributed by atoms with van der Waals surface area (Å²) in [4.78, 5) is 12.2. The van der Waals surface area contributed by atoms with Crippen LogP contribution < -0.4 is 0 Å². The van der Waals surface area contributed by atoms with Crippen LogP contribution in [-0.4, -0.2) is 51.0 Å². The molecule has 0 aromatic rings. The summed E-state index contributed by atoms with van der Waals surface area (Å²) in [5.74, 6) is -0.566. The second kappa shape index (κ2) is 10.3. The average molecular weight is 338 g/mol. The Morgan fingerprint density at radius 1 is 1.14 bits per heavy atom. The second-order valence-corrected chi connectivity index (χ2v) is 6.96. The van der Waals surface area contributed by atoms with Crippen LogP contribution >= 0.6 is 7.60 Å². The molecule has 1 aliphatic rings. The van der Waals surface area contributed by atoms with Gasteiger partial charge in [-0.15, -0.1) is 0 Å². The molecule has 0 spiro atoms. The molecular weight excluding hydrogens is 311 g/mol. The predicted molar refractivity (Wildman–Crippen MR) is 80.8 cm³/mol. The minimum atomic E-state index is -3.57. The number of carbonyl (C=O) groups is 1. The van der Waals surface area contributed by atoms with E-state index in [1.165, 1.54) is 0 Å². The fourth-order valence-electron chi connectivity index (χ4n) is 2.22. The van der Waals surface area contributed by atoms with E-state index in [1.54, 1.807) is 20.8 Å². The SMILES string of the molecule is CCOC(=O)C(CCC1OCCCO1)P(=O)(OCC)OCC. The van der Waals surface area contributed by atoms with E-state index in [0.717, 1.165) is 6.42 Å². The van der Waals surface area contributed by atoms with E-state index >= 15 is 0 Å². The van der Waals surface area contributed by atoms with Gasteiger partial charge in [-0.3, -0.25) is 9.36 Å². The summed E-state index contributed by atoms with van der Waals surface area (Å²) < 4.78 is 39.4. The van der Waals surface area contributed by atoms with Crippen molar-refractivity contribution in [1.82, 2.24) is 0 Å². The number of ether oxygens (including phenoxy) is 3. The number of hydrogen-bond acceptors (Lipinski definition) is 7. The van der Waals surface area contributed by atoms with E-state index in [0.29, 0.717) is 19.6 Å². The predicted octanol–water partition coefficient (Wildman–Crippen LogP) is 2.73. The number of hydrogen-bond donors (Lipinski definition) is 0. The second-order valence-electron chi connectivity index (χ2n) is 4.75. The molecule has 8 heteroatoms. The van der Waals surface area contributed by atoms with Crippen molar-refractivity contribution in [1.29, 1.82) is 0 Å². The lowest BCUT2D eigenvalue weighted by Crippen LogP contribution is -2.30. The minimum absolute atomic E-state index is 0.198. The molecule has 0 bridgehead atoms. The van der Waals surface area contributed by atoms with Crippen LogP contribution in [0.5, 0.6) is 0 Å². The van der Waals surface area contributed by atoms with Crippen molar-refractivity contribution in [3.05, 3.63) is 0 Å². The van der Waals surface area contributed by atoms with Gasteiger partial charge in [0.05, 0.1) is 33.0 Å². The van der Waals surface area contributed by atoms with Crippen LogP contribution in [0.2, 0.25) is 0 Å². The highest BCUT2D eigenvalue weighted by molar-refractivity contribution is 7.55. The zero-order chi connectivity index (χ0) is 16.4. The van der Waals surface area contributed by atoms with Gasteiger partial charge in [0, 0.05) is 0 Å². The van der Waals surface area contributed by atoms with Gasteiger partial charge in [-0.05, 0) is 40.0 Å². The maximum atomic E-state index is 12.9.